The summed E-state index contributed by atoms with van der Waals surface area (Å²) in [4.78, 5) is 18.6. The first-order valence-corrected chi connectivity index (χ1v) is 8.04. The highest BCUT2D eigenvalue weighted by molar-refractivity contribution is 6.30. The van der Waals surface area contributed by atoms with Crippen LogP contribution >= 0.6 is 11.6 Å². The van der Waals surface area contributed by atoms with E-state index in [1.807, 2.05) is 37.4 Å². The molecular formula is C16H21ClN4O2. The number of nitrogens with zero attached hydrogens (tertiary/aromatic N) is 3. The number of aromatic nitrogens is 2. The molecule has 1 fully saturated rings. The second-order valence-electron chi connectivity index (χ2n) is 6.57. The molecule has 0 saturated carbocycles. The highest BCUT2D eigenvalue weighted by Gasteiger charge is 2.33. The van der Waals surface area contributed by atoms with Gasteiger partial charge < -0.3 is 19.4 Å². The number of rotatable bonds is 2. The van der Waals surface area contributed by atoms with Gasteiger partial charge in [0.15, 0.2) is 0 Å². The molecule has 6 nitrogen and oxygen atoms in total. The molecule has 2 aromatic heterocycles. The van der Waals surface area contributed by atoms with Crippen LogP contribution < -0.4 is 5.32 Å². The normalized spacial score (nSPS) is 20.7. The molecule has 1 unspecified atom stereocenters. The summed E-state index contributed by atoms with van der Waals surface area (Å²) in [5.74, 6) is 0. The zero-order chi connectivity index (χ0) is 16.6. The Morgan fingerprint density at radius 1 is 1.48 bits per heavy atom. The van der Waals surface area contributed by atoms with Crippen LogP contribution in [0.3, 0.4) is 0 Å². The largest absolute Gasteiger partial charge is 0.369 e. The Labute approximate surface area is 140 Å². The van der Waals surface area contributed by atoms with Crippen molar-refractivity contribution in [2.45, 2.75) is 39.0 Å². The number of nitrogens with one attached hydrogen (secondary N) is 1. The van der Waals surface area contributed by atoms with Crippen molar-refractivity contribution < 1.29 is 9.53 Å². The molecule has 7 heteroatoms. The minimum atomic E-state index is -0.325. The molecule has 2 aromatic rings. The molecule has 23 heavy (non-hydrogen) atoms. The first-order chi connectivity index (χ1) is 10.8. The van der Waals surface area contributed by atoms with E-state index < -0.39 is 0 Å². The number of amides is 2. The van der Waals surface area contributed by atoms with Crippen molar-refractivity contribution in [3.05, 3.63) is 35.2 Å². The predicted molar refractivity (Wildman–Crippen MR) is 88.6 cm³/mol. The van der Waals surface area contributed by atoms with E-state index in [2.05, 4.69) is 10.3 Å². The van der Waals surface area contributed by atoms with Crippen LogP contribution in [0.5, 0.6) is 0 Å². The van der Waals surface area contributed by atoms with Gasteiger partial charge in [0.1, 0.15) is 5.65 Å². The maximum Gasteiger partial charge on any atom is 0.317 e. The van der Waals surface area contributed by atoms with Crippen molar-refractivity contribution in [2.24, 2.45) is 0 Å². The molecule has 3 rings (SSSR count). The number of fused-ring (bicyclic) bond motifs is 1. The van der Waals surface area contributed by atoms with Crippen LogP contribution in [0.25, 0.3) is 5.65 Å². The number of urea groups is 1. The van der Waals surface area contributed by atoms with Gasteiger partial charge in [0.05, 0.1) is 35.5 Å². The second kappa shape index (κ2) is 6.02. The monoisotopic (exact) mass is 336 g/mol. The van der Waals surface area contributed by atoms with Gasteiger partial charge in [-0.1, -0.05) is 11.6 Å². The first kappa shape index (κ1) is 16.1. The van der Waals surface area contributed by atoms with Crippen molar-refractivity contribution in [1.29, 1.82) is 0 Å². The minimum Gasteiger partial charge on any atom is -0.369 e. The molecule has 1 aliphatic heterocycles. The van der Waals surface area contributed by atoms with E-state index >= 15 is 0 Å². The van der Waals surface area contributed by atoms with E-state index in [1.165, 1.54) is 0 Å². The Bertz CT molecular complexity index is 728. The average Bonchev–Trinajstić information content (AvgIpc) is 2.84. The van der Waals surface area contributed by atoms with Crippen molar-refractivity contribution in [2.75, 3.05) is 13.1 Å². The molecular weight excluding hydrogens is 316 g/mol. The fourth-order valence-electron chi connectivity index (χ4n) is 2.99. The molecule has 0 aromatic carbocycles. The topological polar surface area (TPSA) is 58.9 Å². The summed E-state index contributed by atoms with van der Waals surface area (Å²) in [5.41, 5.74) is 1.27. The molecule has 0 spiro atoms. The van der Waals surface area contributed by atoms with E-state index in [9.17, 15) is 4.79 Å². The Morgan fingerprint density at radius 2 is 2.26 bits per heavy atom. The lowest BCUT2D eigenvalue weighted by molar-refractivity contribution is -0.117. The van der Waals surface area contributed by atoms with Gasteiger partial charge in [-0.2, -0.15) is 0 Å². The summed E-state index contributed by atoms with van der Waals surface area (Å²) >= 11 is 5.96. The van der Waals surface area contributed by atoms with Gasteiger partial charge in [0.25, 0.3) is 0 Å². The highest BCUT2D eigenvalue weighted by atomic mass is 35.5. The third-order valence-corrected chi connectivity index (χ3v) is 3.97. The average molecular weight is 337 g/mol. The maximum absolute atomic E-state index is 12.4. The Morgan fingerprint density at radius 3 is 3.00 bits per heavy atom. The van der Waals surface area contributed by atoms with Gasteiger partial charge in [-0.3, -0.25) is 0 Å². The molecule has 0 aliphatic carbocycles. The Balaban J connectivity index is 1.63. The summed E-state index contributed by atoms with van der Waals surface area (Å²) in [6.07, 6.45) is 3.69. The molecule has 0 radical (unpaired) electrons. The van der Waals surface area contributed by atoms with E-state index in [0.29, 0.717) is 24.7 Å². The van der Waals surface area contributed by atoms with Gasteiger partial charge >= 0.3 is 6.03 Å². The number of pyridine rings is 1. The van der Waals surface area contributed by atoms with Gasteiger partial charge in [0.2, 0.25) is 0 Å². The van der Waals surface area contributed by atoms with Crippen LogP contribution in [0.2, 0.25) is 5.02 Å². The number of halogens is 1. The number of hydrogen-bond acceptors (Lipinski definition) is 3. The molecule has 1 aliphatic rings. The van der Waals surface area contributed by atoms with Crippen LogP contribution in [0, 0.1) is 0 Å². The predicted octanol–water partition coefficient (Wildman–Crippen LogP) is 2.70. The Kier molecular flexibility index (Phi) is 4.21. The molecule has 0 bridgehead atoms. The minimum absolute atomic E-state index is 0.0295. The van der Waals surface area contributed by atoms with Crippen molar-refractivity contribution >= 4 is 23.3 Å². The lowest BCUT2D eigenvalue weighted by Gasteiger charge is -2.41. The quantitative estimate of drug-likeness (QED) is 0.917. The fraction of sp³-hybridized carbons (Fsp3) is 0.500. The lowest BCUT2D eigenvalue weighted by Crippen LogP contribution is -2.56. The smallest absolute Gasteiger partial charge is 0.317 e. The number of hydrogen-bond donors (Lipinski definition) is 1. The highest BCUT2D eigenvalue weighted by Crippen LogP contribution is 2.20. The summed E-state index contributed by atoms with van der Waals surface area (Å²) in [7, 11) is 0. The van der Waals surface area contributed by atoms with Crippen LogP contribution in [-0.2, 0) is 11.3 Å². The Hall–Kier alpha value is -1.79. The van der Waals surface area contributed by atoms with Crippen molar-refractivity contribution in [3.63, 3.8) is 0 Å². The molecule has 1 atom stereocenters. The molecule has 3 heterocycles. The summed E-state index contributed by atoms with van der Waals surface area (Å²) < 4.78 is 7.67. The third-order valence-electron chi connectivity index (χ3n) is 3.74. The molecule has 1 saturated heterocycles. The van der Waals surface area contributed by atoms with Gasteiger partial charge in [-0.05, 0) is 32.9 Å². The van der Waals surface area contributed by atoms with Gasteiger partial charge in [-0.25, -0.2) is 9.78 Å². The van der Waals surface area contributed by atoms with Crippen LogP contribution in [0.1, 0.15) is 26.5 Å². The van der Waals surface area contributed by atoms with Gasteiger partial charge in [0, 0.05) is 18.9 Å². The molecule has 1 N–H and O–H groups in total. The first-order valence-electron chi connectivity index (χ1n) is 7.66. The number of ether oxygens (including phenoxy) is 1. The van der Waals surface area contributed by atoms with Crippen LogP contribution in [-0.4, -0.2) is 45.1 Å². The second-order valence-corrected chi connectivity index (χ2v) is 7.01. The third kappa shape index (κ3) is 3.76. The van der Waals surface area contributed by atoms with Crippen molar-refractivity contribution in [3.8, 4) is 0 Å². The van der Waals surface area contributed by atoms with Crippen molar-refractivity contribution in [1.82, 2.24) is 19.6 Å². The SMILES string of the molecule is CC1CN(C(=O)NCc2cn3cc(Cl)ccc3n2)CC(C)(C)O1. The van der Waals surface area contributed by atoms with E-state index in [0.717, 1.165) is 11.3 Å². The number of morpholine rings is 1. The van der Waals surface area contributed by atoms with E-state index in [-0.39, 0.29) is 17.7 Å². The maximum atomic E-state index is 12.4. The zero-order valence-corrected chi connectivity index (χ0v) is 14.3. The lowest BCUT2D eigenvalue weighted by atomic mass is 10.1. The summed E-state index contributed by atoms with van der Waals surface area (Å²) in [6, 6.07) is 3.55. The van der Waals surface area contributed by atoms with Crippen LogP contribution in [0.15, 0.2) is 24.5 Å². The fourth-order valence-corrected chi connectivity index (χ4v) is 3.16. The summed E-state index contributed by atoms with van der Waals surface area (Å²) in [5, 5.41) is 3.57. The number of carbonyl (C=O) groups is 1. The van der Waals surface area contributed by atoms with Crippen LogP contribution in [0.4, 0.5) is 4.79 Å². The summed E-state index contributed by atoms with van der Waals surface area (Å²) in [6.45, 7) is 7.51. The zero-order valence-electron chi connectivity index (χ0n) is 13.5. The molecule has 124 valence electrons. The molecule has 2 amide bonds. The van der Waals surface area contributed by atoms with E-state index in [4.69, 9.17) is 16.3 Å². The number of imidazole rings is 1. The standard InChI is InChI=1S/C16H21ClN4O2/c1-11-7-21(10-16(2,3)23-11)15(22)18-6-13-9-20-8-12(17)4-5-14(20)19-13/h4-5,8-9,11H,6-7,10H2,1-3H3,(H,18,22). The van der Waals surface area contributed by atoms with Gasteiger partial charge in [-0.15, -0.1) is 0 Å². The van der Waals surface area contributed by atoms with E-state index in [1.54, 1.807) is 17.2 Å². The number of carbonyl (C=O) groups excluding carboxylic acids is 1.